The van der Waals surface area contributed by atoms with Gasteiger partial charge in [-0.1, -0.05) is 18.2 Å². The lowest BCUT2D eigenvalue weighted by Crippen LogP contribution is -2.13. The predicted octanol–water partition coefficient (Wildman–Crippen LogP) is 2.43. The number of halogens is 1. The number of nitrogens with one attached hydrogen (secondary N) is 1. The first-order valence-electron chi connectivity index (χ1n) is 6.08. The summed E-state index contributed by atoms with van der Waals surface area (Å²) in [6, 6.07) is 13.0. The Balaban J connectivity index is 2.07. The maximum Gasteiger partial charge on any atom is 0.143 e. The average Bonchev–Trinajstić information content (AvgIpc) is 2.45. The summed E-state index contributed by atoms with van der Waals surface area (Å²) in [7, 11) is 0. The van der Waals surface area contributed by atoms with Crippen LogP contribution in [0.3, 0.4) is 0 Å². The third kappa shape index (κ3) is 3.05. The van der Waals surface area contributed by atoms with Crippen LogP contribution in [0.25, 0.3) is 0 Å². The maximum absolute atomic E-state index is 13.4. The fourth-order valence-electron chi connectivity index (χ4n) is 1.83. The van der Waals surface area contributed by atoms with E-state index in [0.29, 0.717) is 16.9 Å². The molecule has 0 aliphatic rings. The van der Waals surface area contributed by atoms with Gasteiger partial charge in [0.25, 0.3) is 0 Å². The number of hydrogen-bond acceptors (Lipinski definition) is 4. The summed E-state index contributed by atoms with van der Waals surface area (Å²) >= 11 is 0. The number of nitriles is 1. The summed E-state index contributed by atoms with van der Waals surface area (Å²) in [5.41, 5.74) is 7.19. The van der Waals surface area contributed by atoms with E-state index in [4.69, 9.17) is 11.0 Å². The summed E-state index contributed by atoms with van der Waals surface area (Å²) in [5.74, 6) is -0.584. The van der Waals surface area contributed by atoms with Crippen LogP contribution < -0.4 is 11.1 Å². The van der Waals surface area contributed by atoms with Gasteiger partial charge < -0.3 is 16.2 Å². The molecule has 2 rings (SSSR count). The molecule has 4 N–H and O–H groups in total. The molecule has 0 aliphatic carbocycles. The van der Waals surface area contributed by atoms with Crippen LogP contribution in [0.15, 0.2) is 42.5 Å². The SMILES string of the molecule is N#Cc1c(F)cccc1NCC(O)c1ccc(N)cc1. The highest BCUT2D eigenvalue weighted by molar-refractivity contribution is 5.58. The van der Waals surface area contributed by atoms with Gasteiger partial charge in [-0.25, -0.2) is 4.39 Å². The largest absolute Gasteiger partial charge is 0.399 e. The first-order chi connectivity index (χ1) is 9.61. The van der Waals surface area contributed by atoms with Crippen LogP contribution in [0.5, 0.6) is 0 Å². The molecule has 2 aromatic carbocycles. The molecule has 102 valence electrons. The molecule has 0 spiro atoms. The van der Waals surface area contributed by atoms with Crippen LogP contribution in [0.1, 0.15) is 17.2 Å². The van der Waals surface area contributed by atoms with Gasteiger partial charge in [0.2, 0.25) is 0 Å². The highest BCUT2D eigenvalue weighted by Gasteiger charge is 2.11. The third-order valence-electron chi connectivity index (χ3n) is 2.93. The second-order valence-electron chi connectivity index (χ2n) is 4.34. The zero-order chi connectivity index (χ0) is 14.5. The quantitative estimate of drug-likeness (QED) is 0.746. The van der Waals surface area contributed by atoms with E-state index in [1.165, 1.54) is 12.1 Å². The van der Waals surface area contributed by atoms with E-state index in [9.17, 15) is 9.50 Å². The minimum absolute atomic E-state index is 0.0583. The molecule has 0 amide bonds. The van der Waals surface area contributed by atoms with Crippen molar-refractivity contribution in [2.24, 2.45) is 0 Å². The molecule has 0 radical (unpaired) electrons. The van der Waals surface area contributed by atoms with E-state index >= 15 is 0 Å². The minimum Gasteiger partial charge on any atom is -0.399 e. The zero-order valence-electron chi connectivity index (χ0n) is 10.7. The molecule has 20 heavy (non-hydrogen) atoms. The van der Waals surface area contributed by atoms with E-state index < -0.39 is 11.9 Å². The Kier molecular flexibility index (Phi) is 4.18. The van der Waals surface area contributed by atoms with E-state index in [2.05, 4.69) is 5.32 Å². The van der Waals surface area contributed by atoms with Gasteiger partial charge in [-0.15, -0.1) is 0 Å². The summed E-state index contributed by atoms with van der Waals surface area (Å²) in [6.45, 7) is 0.169. The van der Waals surface area contributed by atoms with E-state index in [0.717, 1.165) is 0 Å². The number of nitrogens with zero attached hydrogens (tertiary/aromatic N) is 1. The molecule has 0 saturated heterocycles. The lowest BCUT2D eigenvalue weighted by molar-refractivity contribution is 0.191. The molecule has 0 heterocycles. The molecular formula is C15H14FN3O. The lowest BCUT2D eigenvalue weighted by Gasteiger charge is -2.14. The topological polar surface area (TPSA) is 82.1 Å². The van der Waals surface area contributed by atoms with Crippen molar-refractivity contribution < 1.29 is 9.50 Å². The van der Waals surface area contributed by atoms with Gasteiger partial charge >= 0.3 is 0 Å². The second-order valence-corrected chi connectivity index (χ2v) is 4.34. The number of hydrogen-bond donors (Lipinski definition) is 3. The molecule has 0 saturated carbocycles. The molecule has 0 aromatic heterocycles. The number of nitrogens with two attached hydrogens (primary N) is 1. The summed E-state index contributed by atoms with van der Waals surface area (Å²) < 4.78 is 13.4. The minimum atomic E-state index is -0.773. The summed E-state index contributed by atoms with van der Waals surface area (Å²) in [4.78, 5) is 0. The Labute approximate surface area is 116 Å². The van der Waals surface area contributed by atoms with Crippen LogP contribution in [-0.4, -0.2) is 11.7 Å². The Hall–Kier alpha value is -2.58. The Morgan fingerprint density at radius 2 is 1.95 bits per heavy atom. The number of aliphatic hydroxyl groups is 1. The van der Waals surface area contributed by atoms with Crippen molar-refractivity contribution in [1.29, 1.82) is 5.26 Å². The van der Waals surface area contributed by atoms with Crippen LogP contribution in [0.4, 0.5) is 15.8 Å². The highest BCUT2D eigenvalue weighted by Crippen LogP contribution is 2.20. The van der Waals surface area contributed by atoms with Gasteiger partial charge in [0.15, 0.2) is 0 Å². The molecular weight excluding hydrogens is 257 g/mol. The van der Waals surface area contributed by atoms with Crippen LogP contribution >= 0.6 is 0 Å². The van der Waals surface area contributed by atoms with Crippen molar-refractivity contribution in [3.05, 3.63) is 59.4 Å². The Morgan fingerprint density at radius 1 is 1.25 bits per heavy atom. The molecule has 4 nitrogen and oxygen atoms in total. The van der Waals surface area contributed by atoms with Crippen molar-refractivity contribution in [2.75, 3.05) is 17.6 Å². The predicted molar refractivity (Wildman–Crippen MR) is 75.4 cm³/mol. The van der Waals surface area contributed by atoms with Crippen LogP contribution in [0, 0.1) is 17.1 Å². The maximum atomic E-state index is 13.4. The van der Waals surface area contributed by atoms with Crippen LogP contribution in [-0.2, 0) is 0 Å². The van der Waals surface area contributed by atoms with Gasteiger partial charge in [0.1, 0.15) is 17.4 Å². The fourth-order valence-corrected chi connectivity index (χ4v) is 1.83. The Bertz CT molecular complexity index is 635. The monoisotopic (exact) mass is 271 g/mol. The number of anilines is 2. The summed E-state index contributed by atoms with van der Waals surface area (Å²) in [6.07, 6.45) is -0.773. The lowest BCUT2D eigenvalue weighted by atomic mass is 10.1. The number of benzene rings is 2. The van der Waals surface area contributed by atoms with E-state index in [1.807, 2.05) is 0 Å². The highest BCUT2D eigenvalue weighted by atomic mass is 19.1. The average molecular weight is 271 g/mol. The third-order valence-corrected chi connectivity index (χ3v) is 2.93. The number of nitrogen functional groups attached to an aromatic ring is 1. The van der Waals surface area contributed by atoms with Crippen molar-refractivity contribution >= 4 is 11.4 Å². The van der Waals surface area contributed by atoms with Crippen molar-refractivity contribution in [3.63, 3.8) is 0 Å². The first kappa shape index (κ1) is 13.8. The normalized spacial score (nSPS) is 11.7. The smallest absolute Gasteiger partial charge is 0.143 e. The zero-order valence-corrected chi connectivity index (χ0v) is 10.7. The summed E-state index contributed by atoms with van der Waals surface area (Å²) in [5, 5.41) is 21.8. The van der Waals surface area contributed by atoms with Crippen LogP contribution in [0.2, 0.25) is 0 Å². The van der Waals surface area contributed by atoms with Gasteiger partial charge in [-0.2, -0.15) is 5.26 Å². The van der Waals surface area contributed by atoms with Gasteiger partial charge in [0, 0.05) is 12.2 Å². The Morgan fingerprint density at radius 3 is 2.60 bits per heavy atom. The van der Waals surface area contributed by atoms with E-state index in [1.54, 1.807) is 36.4 Å². The molecule has 1 unspecified atom stereocenters. The number of aliphatic hydroxyl groups excluding tert-OH is 1. The standard InChI is InChI=1S/C15H14FN3O/c16-13-2-1-3-14(12(13)8-17)19-9-15(20)10-4-6-11(18)7-5-10/h1-7,15,19-20H,9,18H2. The molecule has 5 heteroatoms. The molecule has 2 aromatic rings. The first-order valence-corrected chi connectivity index (χ1v) is 6.08. The number of rotatable bonds is 4. The van der Waals surface area contributed by atoms with Crippen molar-refractivity contribution in [1.82, 2.24) is 0 Å². The van der Waals surface area contributed by atoms with Gasteiger partial charge in [-0.05, 0) is 29.8 Å². The van der Waals surface area contributed by atoms with E-state index in [-0.39, 0.29) is 12.1 Å². The fraction of sp³-hybridized carbons (Fsp3) is 0.133. The van der Waals surface area contributed by atoms with Crippen molar-refractivity contribution in [2.45, 2.75) is 6.10 Å². The molecule has 0 fully saturated rings. The van der Waals surface area contributed by atoms with Gasteiger partial charge in [0.05, 0.1) is 11.8 Å². The molecule has 0 bridgehead atoms. The molecule has 0 aliphatic heterocycles. The molecule has 1 atom stereocenters. The second kappa shape index (κ2) is 6.04. The van der Waals surface area contributed by atoms with Gasteiger partial charge in [-0.3, -0.25) is 0 Å². The van der Waals surface area contributed by atoms with Crippen molar-refractivity contribution in [3.8, 4) is 6.07 Å².